The molecule has 1 aromatic carbocycles. The van der Waals surface area contributed by atoms with Gasteiger partial charge in [0, 0.05) is 18.4 Å². The number of benzene rings is 1. The summed E-state index contributed by atoms with van der Waals surface area (Å²) < 4.78 is 22.8. The van der Waals surface area contributed by atoms with Crippen LogP contribution in [-0.4, -0.2) is 64.7 Å². The number of rotatable bonds is 6. The van der Waals surface area contributed by atoms with Crippen molar-refractivity contribution in [2.45, 2.75) is 62.6 Å². The van der Waals surface area contributed by atoms with E-state index in [0.717, 1.165) is 6.42 Å². The maximum absolute atomic E-state index is 12.3. The minimum atomic E-state index is -0.466. The first-order valence-electron chi connectivity index (χ1n) is 8.76. The summed E-state index contributed by atoms with van der Waals surface area (Å²) >= 11 is 0. The van der Waals surface area contributed by atoms with Gasteiger partial charge in [-0.2, -0.15) is 0 Å². The molecule has 0 aliphatic carbocycles. The van der Waals surface area contributed by atoms with Crippen molar-refractivity contribution in [3.05, 3.63) is 35.9 Å². The van der Waals surface area contributed by atoms with Crippen molar-refractivity contribution < 1.29 is 23.7 Å². The van der Waals surface area contributed by atoms with Gasteiger partial charge in [-0.05, 0) is 25.0 Å². The van der Waals surface area contributed by atoms with Crippen molar-refractivity contribution in [2.75, 3.05) is 6.61 Å². The summed E-state index contributed by atoms with van der Waals surface area (Å²) in [6, 6.07) is 8.10. The highest BCUT2D eigenvalue weighted by Crippen LogP contribution is 2.27. The third-order valence-electron chi connectivity index (χ3n) is 4.60. The van der Waals surface area contributed by atoms with Crippen LogP contribution >= 0.6 is 0 Å². The molecule has 0 amide bonds. The molecular formula is C18H22B2O5. The van der Waals surface area contributed by atoms with E-state index in [1.807, 2.05) is 13.0 Å². The SMILES string of the molecule is [B][C@H]1C[C@@H](OC[C@H]2O[C@@H]([B])C[C@H]2OC(=O)c2ccccc2)[C@@H](CC)O1. The van der Waals surface area contributed by atoms with Crippen LogP contribution in [0.1, 0.15) is 36.5 Å². The topological polar surface area (TPSA) is 54.0 Å². The molecular weight excluding hydrogens is 318 g/mol. The van der Waals surface area contributed by atoms with Gasteiger partial charge in [0.1, 0.15) is 27.9 Å². The van der Waals surface area contributed by atoms with Gasteiger partial charge in [0.2, 0.25) is 0 Å². The first kappa shape index (κ1) is 18.5. The van der Waals surface area contributed by atoms with Crippen LogP contribution in [-0.2, 0) is 18.9 Å². The van der Waals surface area contributed by atoms with Crippen LogP contribution in [0, 0.1) is 0 Å². The molecule has 0 saturated carbocycles. The van der Waals surface area contributed by atoms with Crippen LogP contribution in [0.4, 0.5) is 0 Å². The molecule has 4 radical (unpaired) electrons. The quantitative estimate of drug-likeness (QED) is 0.581. The van der Waals surface area contributed by atoms with E-state index in [0.29, 0.717) is 18.4 Å². The van der Waals surface area contributed by atoms with Crippen LogP contribution in [0.2, 0.25) is 0 Å². The molecule has 1 aromatic rings. The molecule has 25 heavy (non-hydrogen) atoms. The number of carbonyl (C=O) groups excluding carboxylic acids is 1. The summed E-state index contributed by atoms with van der Waals surface area (Å²) in [6.07, 6.45) is 1.00. The van der Waals surface area contributed by atoms with E-state index in [9.17, 15) is 4.79 Å². The molecule has 0 unspecified atom stereocenters. The first-order chi connectivity index (χ1) is 12.1. The fourth-order valence-electron chi connectivity index (χ4n) is 3.30. The molecule has 0 spiro atoms. The Balaban J connectivity index is 1.55. The number of hydrogen-bond donors (Lipinski definition) is 0. The van der Waals surface area contributed by atoms with Crippen LogP contribution in [0.5, 0.6) is 0 Å². The van der Waals surface area contributed by atoms with Gasteiger partial charge in [0.15, 0.2) is 0 Å². The molecule has 2 heterocycles. The van der Waals surface area contributed by atoms with Crippen molar-refractivity contribution in [3.63, 3.8) is 0 Å². The highest BCUT2D eigenvalue weighted by molar-refractivity contribution is 6.11. The summed E-state index contributed by atoms with van der Waals surface area (Å²) in [5.41, 5.74) is 0.504. The largest absolute Gasteiger partial charge is 0.456 e. The monoisotopic (exact) mass is 340 g/mol. The normalized spacial score (nSPS) is 34.9. The second-order valence-electron chi connectivity index (χ2n) is 6.49. The molecule has 6 atom stereocenters. The second kappa shape index (κ2) is 8.39. The Kier molecular flexibility index (Phi) is 6.20. The van der Waals surface area contributed by atoms with E-state index < -0.39 is 18.2 Å². The molecule has 3 rings (SSSR count). The minimum Gasteiger partial charge on any atom is -0.456 e. The van der Waals surface area contributed by atoms with Gasteiger partial charge in [-0.15, -0.1) is 0 Å². The van der Waals surface area contributed by atoms with Crippen molar-refractivity contribution in [1.29, 1.82) is 0 Å². The van der Waals surface area contributed by atoms with Crippen LogP contribution in [0.3, 0.4) is 0 Å². The van der Waals surface area contributed by atoms with E-state index in [4.69, 9.17) is 34.6 Å². The molecule has 2 aliphatic heterocycles. The number of hydrogen-bond acceptors (Lipinski definition) is 5. The highest BCUT2D eigenvalue weighted by Gasteiger charge is 2.38. The van der Waals surface area contributed by atoms with Crippen molar-refractivity contribution in [3.8, 4) is 0 Å². The number of carbonyl (C=O) groups is 1. The van der Waals surface area contributed by atoms with Gasteiger partial charge in [-0.25, -0.2) is 4.79 Å². The predicted molar refractivity (Wildman–Crippen MR) is 93.7 cm³/mol. The van der Waals surface area contributed by atoms with E-state index in [-0.39, 0.29) is 30.8 Å². The Morgan fingerprint density at radius 1 is 1.08 bits per heavy atom. The lowest BCUT2D eigenvalue weighted by atomic mass is 9.95. The molecule has 2 saturated heterocycles. The highest BCUT2D eigenvalue weighted by atomic mass is 16.6. The fraction of sp³-hybridized carbons (Fsp3) is 0.611. The molecule has 130 valence electrons. The summed E-state index contributed by atoms with van der Waals surface area (Å²) in [5, 5.41) is 0. The fourth-order valence-corrected chi connectivity index (χ4v) is 3.30. The number of esters is 1. The Labute approximate surface area is 151 Å². The van der Waals surface area contributed by atoms with Crippen molar-refractivity contribution in [2.24, 2.45) is 0 Å². The maximum Gasteiger partial charge on any atom is 0.338 e. The Morgan fingerprint density at radius 2 is 1.72 bits per heavy atom. The lowest BCUT2D eigenvalue weighted by Gasteiger charge is -2.23. The zero-order chi connectivity index (χ0) is 17.8. The molecule has 2 fully saturated rings. The molecule has 7 heteroatoms. The van der Waals surface area contributed by atoms with E-state index in [1.165, 1.54) is 0 Å². The Morgan fingerprint density at radius 3 is 2.40 bits per heavy atom. The van der Waals surface area contributed by atoms with E-state index in [1.54, 1.807) is 24.3 Å². The van der Waals surface area contributed by atoms with Gasteiger partial charge >= 0.3 is 5.97 Å². The summed E-state index contributed by atoms with van der Waals surface area (Å²) in [7, 11) is 11.7. The first-order valence-corrected chi connectivity index (χ1v) is 8.76. The summed E-state index contributed by atoms with van der Waals surface area (Å²) in [4.78, 5) is 12.3. The standard InChI is InChI=1S/C18H22B2O5/c1-2-12-13(8-16(19)23-12)22-10-15-14(9-17(20)24-15)25-18(21)11-6-4-3-5-7-11/h3-7,12-17H,2,8-10H2,1H3/t12-,13-,14-,15-,16-,17-/m1/s1. The van der Waals surface area contributed by atoms with Gasteiger partial charge < -0.3 is 18.9 Å². The van der Waals surface area contributed by atoms with Gasteiger partial charge in [0.05, 0.1) is 24.4 Å². The average molecular weight is 340 g/mol. The lowest BCUT2D eigenvalue weighted by molar-refractivity contribution is -0.0774. The molecule has 2 aliphatic rings. The zero-order valence-electron chi connectivity index (χ0n) is 14.4. The lowest BCUT2D eigenvalue weighted by Crippen LogP contribution is -2.34. The molecule has 0 aromatic heterocycles. The number of ether oxygens (including phenoxy) is 4. The maximum atomic E-state index is 12.3. The van der Waals surface area contributed by atoms with Crippen LogP contribution in [0.15, 0.2) is 30.3 Å². The predicted octanol–water partition coefficient (Wildman–Crippen LogP) is 1.57. The Hall–Kier alpha value is -1.30. The third kappa shape index (κ3) is 4.66. The van der Waals surface area contributed by atoms with Crippen LogP contribution < -0.4 is 0 Å². The van der Waals surface area contributed by atoms with Crippen molar-refractivity contribution >= 4 is 21.7 Å². The minimum absolute atomic E-state index is 0.0182. The van der Waals surface area contributed by atoms with Crippen molar-refractivity contribution in [1.82, 2.24) is 0 Å². The molecule has 5 nitrogen and oxygen atoms in total. The van der Waals surface area contributed by atoms with E-state index >= 15 is 0 Å². The summed E-state index contributed by atoms with van der Waals surface area (Å²) in [6.45, 7) is 2.32. The smallest absolute Gasteiger partial charge is 0.338 e. The summed E-state index contributed by atoms with van der Waals surface area (Å²) in [5.74, 6) is -0.383. The zero-order valence-corrected chi connectivity index (χ0v) is 14.4. The van der Waals surface area contributed by atoms with Crippen LogP contribution in [0.25, 0.3) is 0 Å². The molecule has 0 bridgehead atoms. The molecule has 0 N–H and O–H groups in total. The van der Waals surface area contributed by atoms with Gasteiger partial charge in [-0.3, -0.25) is 0 Å². The second-order valence-corrected chi connectivity index (χ2v) is 6.49. The van der Waals surface area contributed by atoms with Gasteiger partial charge in [0.25, 0.3) is 0 Å². The van der Waals surface area contributed by atoms with E-state index in [2.05, 4.69) is 0 Å². The third-order valence-corrected chi connectivity index (χ3v) is 4.60. The van der Waals surface area contributed by atoms with Gasteiger partial charge in [-0.1, -0.05) is 25.1 Å². The Bertz CT molecular complexity index is 570. The average Bonchev–Trinajstić information content (AvgIpc) is 3.15.